The second-order valence-corrected chi connectivity index (χ2v) is 7.92. The van der Waals surface area contributed by atoms with Gasteiger partial charge in [0.2, 0.25) is 5.72 Å². The number of benzene rings is 2. The molecule has 0 saturated carbocycles. The summed E-state index contributed by atoms with van der Waals surface area (Å²) in [7, 11) is 1.84. The average molecular weight is 423 g/mol. The minimum Gasteiger partial charge on any atom is -0.506 e. The van der Waals surface area contributed by atoms with E-state index >= 15 is 0 Å². The molecule has 2 aromatic carbocycles. The van der Waals surface area contributed by atoms with Crippen LogP contribution in [0.15, 0.2) is 65.1 Å². The topological polar surface area (TPSA) is 69.1 Å². The average Bonchev–Trinajstić information content (AvgIpc) is 3.12. The van der Waals surface area contributed by atoms with Gasteiger partial charge < -0.3 is 25.5 Å². The van der Waals surface area contributed by atoms with Crippen molar-refractivity contribution < 1.29 is 14.3 Å². The maximum absolute atomic E-state index is 13.4. The minimum atomic E-state index is -0.768. The number of phenolic OH excluding ortho intramolecular Hbond substituents is 1. The molecule has 2 aromatic rings. The summed E-state index contributed by atoms with van der Waals surface area (Å²) in [6.45, 7) is 4.68. The summed E-state index contributed by atoms with van der Waals surface area (Å²) < 4.78 is 13.4. The first kappa shape index (κ1) is 20.8. The molecule has 0 amide bonds. The lowest BCUT2D eigenvalue weighted by Crippen LogP contribution is -2.46. The van der Waals surface area contributed by atoms with Gasteiger partial charge in [-0.2, -0.15) is 0 Å². The third-order valence-electron chi connectivity index (χ3n) is 5.78. The number of nitrogens with one attached hydrogen (secondary N) is 2. The van der Waals surface area contributed by atoms with Crippen LogP contribution in [-0.2, 0) is 10.6 Å². The lowest BCUT2D eigenvalue weighted by atomic mass is 9.95. The lowest BCUT2D eigenvalue weighted by Gasteiger charge is -2.37. The van der Waals surface area contributed by atoms with E-state index in [1.54, 1.807) is 24.4 Å². The molecule has 0 radical (unpaired) electrons. The van der Waals surface area contributed by atoms with Crippen LogP contribution in [0.5, 0.6) is 5.75 Å². The number of allylic oxidation sites excluding steroid dienone is 1. The number of halogens is 1. The molecule has 2 aliphatic rings. The van der Waals surface area contributed by atoms with Gasteiger partial charge in [-0.05, 0) is 61.2 Å². The van der Waals surface area contributed by atoms with Crippen LogP contribution in [0.1, 0.15) is 37.8 Å². The molecule has 0 aliphatic carbocycles. The Morgan fingerprint density at radius 2 is 2.03 bits per heavy atom. The second kappa shape index (κ2) is 8.34. The Kier molecular flexibility index (Phi) is 5.59. The first-order valence-electron chi connectivity index (χ1n) is 10.4. The maximum Gasteiger partial charge on any atom is 0.234 e. The highest BCUT2D eigenvalue weighted by atomic mass is 19.1. The van der Waals surface area contributed by atoms with Gasteiger partial charge in [0, 0.05) is 38.0 Å². The Balaban J connectivity index is 1.57. The Morgan fingerprint density at radius 1 is 1.26 bits per heavy atom. The van der Waals surface area contributed by atoms with E-state index in [1.807, 2.05) is 39.1 Å². The SMILES string of the molecule is CN/C(C)=C\Nc1ccc(/C=C2\CCCN3C2=NOC3(C)c2ccc(F)cc2)cc1O. The number of phenols is 1. The van der Waals surface area contributed by atoms with Crippen LogP contribution in [0, 0.1) is 5.82 Å². The largest absolute Gasteiger partial charge is 0.506 e. The molecule has 162 valence electrons. The van der Waals surface area contributed by atoms with Gasteiger partial charge in [0.15, 0.2) is 5.84 Å². The van der Waals surface area contributed by atoms with E-state index in [1.165, 1.54) is 12.1 Å². The van der Waals surface area contributed by atoms with Crippen molar-refractivity contribution in [3.63, 3.8) is 0 Å². The summed E-state index contributed by atoms with van der Waals surface area (Å²) in [5, 5.41) is 20.9. The molecule has 4 rings (SSSR count). The van der Waals surface area contributed by atoms with Crippen molar-refractivity contribution >= 4 is 17.6 Å². The molecule has 1 unspecified atom stereocenters. The standard InChI is InChI=1S/C24H27FN4O2/c1-16(26-3)15-27-21-11-6-17(14-22(21)30)13-18-5-4-12-29-23(18)28-31-24(29,2)19-7-9-20(25)10-8-19/h6-11,13-15,26-27,30H,4-5,12H2,1-3H3/b16-15-,18-13+. The number of nitrogens with zero attached hydrogens (tertiary/aromatic N) is 2. The predicted octanol–water partition coefficient (Wildman–Crippen LogP) is 4.72. The lowest BCUT2D eigenvalue weighted by molar-refractivity contribution is -0.0913. The van der Waals surface area contributed by atoms with Gasteiger partial charge in [-0.25, -0.2) is 4.39 Å². The molecule has 31 heavy (non-hydrogen) atoms. The molecular weight excluding hydrogens is 395 g/mol. The molecule has 0 spiro atoms. The summed E-state index contributed by atoms with van der Waals surface area (Å²) in [4.78, 5) is 7.99. The van der Waals surface area contributed by atoms with Gasteiger partial charge in [0.25, 0.3) is 0 Å². The van der Waals surface area contributed by atoms with Crippen LogP contribution in [0.25, 0.3) is 6.08 Å². The quantitative estimate of drug-likeness (QED) is 0.609. The highest BCUT2D eigenvalue weighted by Gasteiger charge is 2.45. The summed E-state index contributed by atoms with van der Waals surface area (Å²) in [6, 6.07) is 11.9. The number of hydrogen-bond donors (Lipinski definition) is 3. The van der Waals surface area contributed by atoms with Crippen molar-refractivity contribution in [1.82, 2.24) is 10.2 Å². The van der Waals surface area contributed by atoms with E-state index in [-0.39, 0.29) is 11.6 Å². The van der Waals surface area contributed by atoms with Crippen LogP contribution in [-0.4, -0.2) is 29.4 Å². The zero-order valence-electron chi connectivity index (χ0n) is 17.9. The van der Waals surface area contributed by atoms with E-state index < -0.39 is 5.72 Å². The molecule has 0 bridgehead atoms. The van der Waals surface area contributed by atoms with E-state index in [9.17, 15) is 9.50 Å². The minimum absolute atomic E-state index is 0.169. The molecule has 3 N–H and O–H groups in total. The van der Waals surface area contributed by atoms with Crippen molar-refractivity contribution in [3.05, 3.63) is 76.9 Å². The number of amidine groups is 1. The van der Waals surface area contributed by atoms with Crippen LogP contribution in [0.4, 0.5) is 10.1 Å². The molecule has 2 aliphatic heterocycles. The second-order valence-electron chi connectivity index (χ2n) is 7.92. The Bertz CT molecular complexity index is 1060. The van der Waals surface area contributed by atoms with Crippen molar-refractivity contribution in [1.29, 1.82) is 0 Å². The third-order valence-corrected chi connectivity index (χ3v) is 5.78. The van der Waals surface area contributed by atoms with Gasteiger partial charge in [-0.1, -0.05) is 23.4 Å². The zero-order chi connectivity index (χ0) is 22.0. The molecule has 1 atom stereocenters. The monoisotopic (exact) mass is 422 g/mol. The van der Waals surface area contributed by atoms with Crippen molar-refractivity contribution in [2.24, 2.45) is 5.16 Å². The molecular formula is C24H27FN4O2. The summed E-state index contributed by atoms with van der Waals surface area (Å²) >= 11 is 0. The third kappa shape index (κ3) is 4.08. The Hall–Kier alpha value is -3.48. The first-order valence-corrected chi connectivity index (χ1v) is 10.4. The van der Waals surface area contributed by atoms with Gasteiger partial charge in [0.1, 0.15) is 11.6 Å². The predicted molar refractivity (Wildman–Crippen MR) is 121 cm³/mol. The van der Waals surface area contributed by atoms with Gasteiger partial charge >= 0.3 is 0 Å². The van der Waals surface area contributed by atoms with Crippen molar-refractivity contribution in [2.75, 3.05) is 18.9 Å². The number of rotatable bonds is 5. The number of anilines is 1. The van der Waals surface area contributed by atoms with Crippen LogP contribution in [0.2, 0.25) is 0 Å². The fourth-order valence-corrected chi connectivity index (χ4v) is 3.85. The molecule has 7 heteroatoms. The summed E-state index contributed by atoms with van der Waals surface area (Å²) in [5.41, 5.74) is 3.60. The first-order chi connectivity index (χ1) is 14.9. The van der Waals surface area contributed by atoms with Gasteiger partial charge in [-0.15, -0.1) is 0 Å². The number of fused-ring (bicyclic) bond motifs is 1. The fraction of sp³-hybridized carbons (Fsp3) is 0.292. The van der Waals surface area contributed by atoms with Crippen LogP contribution >= 0.6 is 0 Å². The zero-order valence-corrected chi connectivity index (χ0v) is 17.9. The molecule has 2 heterocycles. The summed E-state index contributed by atoms with van der Waals surface area (Å²) in [6.07, 6.45) is 5.64. The Labute approximate surface area is 181 Å². The van der Waals surface area contributed by atoms with Gasteiger partial charge in [-0.3, -0.25) is 0 Å². The number of oxime groups is 1. The normalized spacial score (nSPS) is 22.1. The summed E-state index contributed by atoms with van der Waals surface area (Å²) in [5.74, 6) is 0.676. The van der Waals surface area contributed by atoms with E-state index in [4.69, 9.17) is 4.84 Å². The number of piperidine rings is 1. The molecule has 6 nitrogen and oxygen atoms in total. The molecule has 0 aromatic heterocycles. The fourth-order valence-electron chi connectivity index (χ4n) is 3.85. The van der Waals surface area contributed by atoms with Crippen LogP contribution in [0.3, 0.4) is 0 Å². The van der Waals surface area contributed by atoms with E-state index in [0.717, 1.165) is 47.6 Å². The van der Waals surface area contributed by atoms with Crippen molar-refractivity contribution in [2.45, 2.75) is 32.4 Å². The van der Waals surface area contributed by atoms with E-state index in [0.29, 0.717) is 5.69 Å². The smallest absolute Gasteiger partial charge is 0.234 e. The highest BCUT2D eigenvalue weighted by Crippen LogP contribution is 2.40. The maximum atomic E-state index is 13.4. The highest BCUT2D eigenvalue weighted by molar-refractivity contribution is 6.03. The molecule has 1 saturated heterocycles. The van der Waals surface area contributed by atoms with Gasteiger partial charge in [0.05, 0.1) is 5.69 Å². The molecule has 1 fully saturated rings. The number of aromatic hydroxyl groups is 1. The number of hydrogen-bond acceptors (Lipinski definition) is 6. The van der Waals surface area contributed by atoms with Crippen molar-refractivity contribution in [3.8, 4) is 5.75 Å². The van der Waals surface area contributed by atoms with E-state index in [2.05, 4.69) is 20.7 Å². The van der Waals surface area contributed by atoms with Crippen LogP contribution < -0.4 is 10.6 Å². The Morgan fingerprint density at radius 3 is 2.74 bits per heavy atom.